The van der Waals surface area contributed by atoms with E-state index in [0.29, 0.717) is 17.8 Å². The van der Waals surface area contributed by atoms with Crippen molar-refractivity contribution in [3.63, 3.8) is 0 Å². The number of carbonyl (C=O) groups excluding carboxylic acids is 2. The maximum absolute atomic E-state index is 12.2. The molecular formula is C22H28N4O3. The third kappa shape index (κ3) is 5.71. The number of nitrogens with zero attached hydrogens (tertiary/aromatic N) is 2. The molecule has 0 spiro atoms. The molecule has 2 aromatic rings. The molecule has 1 heterocycles. The lowest BCUT2D eigenvalue weighted by Crippen LogP contribution is -2.44. The van der Waals surface area contributed by atoms with Crippen molar-refractivity contribution in [1.29, 1.82) is 0 Å². The Bertz CT molecular complexity index is 830. The fraction of sp³-hybridized carbons (Fsp3) is 0.364. The molecule has 1 amide bonds. The third-order valence-corrected chi connectivity index (χ3v) is 5.02. The van der Waals surface area contributed by atoms with Crippen LogP contribution in [0.3, 0.4) is 0 Å². The number of piperazine rings is 1. The first-order valence-corrected chi connectivity index (χ1v) is 9.81. The largest absolute Gasteiger partial charge is 0.465 e. The number of hydrogen-bond donors (Lipinski definition) is 2. The molecular weight excluding hydrogens is 368 g/mol. The monoisotopic (exact) mass is 396 g/mol. The lowest BCUT2D eigenvalue weighted by atomic mass is 10.1. The van der Waals surface area contributed by atoms with E-state index < -0.39 is 5.97 Å². The molecule has 7 nitrogen and oxygen atoms in total. The van der Waals surface area contributed by atoms with Gasteiger partial charge in [0.2, 0.25) is 5.91 Å². The van der Waals surface area contributed by atoms with Crippen molar-refractivity contribution in [2.45, 2.75) is 6.42 Å². The first kappa shape index (κ1) is 20.7. The van der Waals surface area contributed by atoms with E-state index >= 15 is 0 Å². The predicted molar refractivity (Wildman–Crippen MR) is 116 cm³/mol. The number of esters is 1. The Balaban J connectivity index is 1.46. The lowest BCUT2D eigenvalue weighted by molar-refractivity contribution is -0.115. The van der Waals surface area contributed by atoms with E-state index in [2.05, 4.69) is 39.6 Å². The van der Waals surface area contributed by atoms with Crippen LogP contribution in [-0.4, -0.2) is 63.7 Å². The predicted octanol–water partition coefficient (Wildman–Crippen LogP) is 2.67. The quantitative estimate of drug-likeness (QED) is 0.701. The number of para-hydroxylation sites is 1. The summed E-state index contributed by atoms with van der Waals surface area (Å²) < 4.78 is 4.75. The first-order valence-electron chi connectivity index (χ1n) is 9.81. The Morgan fingerprint density at radius 2 is 1.69 bits per heavy atom. The Morgan fingerprint density at radius 1 is 1.00 bits per heavy atom. The molecule has 1 saturated heterocycles. The molecule has 1 aliphatic rings. The normalized spacial score (nSPS) is 14.3. The fourth-order valence-corrected chi connectivity index (χ4v) is 3.27. The van der Waals surface area contributed by atoms with E-state index in [9.17, 15) is 9.59 Å². The van der Waals surface area contributed by atoms with Crippen molar-refractivity contribution in [2.24, 2.45) is 0 Å². The molecule has 7 heteroatoms. The number of amides is 1. The van der Waals surface area contributed by atoms with Gasteiger partial charge in [0.15, 0.2) is 0 Å². The van der Waals surface area contributed by atoms with Crippen LogP contribution < -0.4 is 15.5 Å². The highest BCUT2D eigenvalue weighted by Gasteiger charge is 2.14. The average Bonchev–Trinajstić information content (AvgIpc) is 2.75. The van der Waals surface area contributed by atoms with Gasteiger partial charge >= 0.3 is 5.97 Å². The number of benzene rings is 2. The lowest BCUT2D eigenvalue weighted by Gasteiger charge is -2.34. The van der Waals surface area contributed by atoms with Crippen LogP contribution in [0.1, 0.15) is 16.8 Å². The SMILES string of the molecule is COC(=O)c1ccccc1NC(=O)CCNc1ccc(N2CCN(C)CC2)cc1. The highest BCUT2D eigenvalue weighted by Crippen LogP contribution is 2.20. The van der Waals surface area contributed by atoms with Gasteiger partial charge in [-0.3, -0.25) is 4.79 Å². The molecule has 0 atom stereocenters. The summed E-state index contributed by atoms with van der Waals surface area (Å²) >= 11 is 0. The van der Waals surface area contributed by atoms with Crippen LogP contribution in [0.15, 0.2) is 48.5 Å². The van der Waals surface area contributed by atoms with Crippen LogP contribution in [0.25, 0.3) is 0 Å². The van der Waals surface area contributed by atoms with Gasteiger partial charge in [0, 0.05) is 50.5 Å². The highest BCUT2D eigenvalue weighted by atomic mass is 16.5. The average molecular weight is 396 g/mol. The summed E-state index contributed by atoms with van der Waals surface area (Å²) in [5, 5.41) is 6.05. The number of carbonyl (C=O) groups is 2. The number of hydrogen-bond acceptors (Lipinski definition) is 6. The number of nitrogens with one attached hydrogen (secondary N) is 2. The summed E-state index contributed by atoms with van der Waals surface area (Å²) in [7, 11) is 3.47. The maximum Gasteiger partial charge on any atom is 0.339 e. The van der Waals surface area contributed by atoms with Gasteiger partial charge in [-0.1, -0.05) is 12.1 Å². The molecule has 0 aromatic heterocycles. The number of methoxy groups -OCH3 is 1. The third-order valence-electron chi connectivity index (χ3n) is 5.02. The summed E-state index contributed by atoms with van der Waals surface area (Å²) in [6.45, 7) is 4.73. The van der Waals surface area contributed by atoms with Crippen molar-refractivity contribution in [2.75, 3.05) is 62.4 Å². The zero-order valence-electron chi connectivity index (χ0n) is 17.0. The second-order valence-corrected chi connectivity index (χ2v) is 7.10. The Hall–Kier alpha value is -3.06. The minimum atomic E-state index is -0.473. The molecule has 29 heavy (non-hydrogen) atoms. The first-order chi connectivity index (χ1) is 14.1. The van der Waals surface area contributed by atoms with Gasteiger partial charge in [0.25, 0.3) is 0 Å². The standard InChI is InChI=1S/C22H28N4O3/c1-25-13-15-26(16-14-25)18-9-7-17(8-10-18)23-12-11-21(27)24-20-6-4-3-5-19(20)22(28)29-2/h3-10,23H,11-16H2,1-2H3,(H,24,27). The summed E-state index contributed by atoms with van der Waals surface area (Å²) in [5.74, 6) is -0.637. The van der Waals surface area contributed by atoms with E-state index in [1.165, 1.54) is 12.8 Å². The Morgan fingerprint density at radius 3 is 2.38 bits per heavy atom. The molecule has 0 bridgehead atoms. The van der Waals surface area contributed by atoms with Crippen LogP contribution in [0.4, 0.5) is 17.1 Å². The molecule has 1 fully saturated rings. The summed E-state index contributed by atoms with van der Waals surface area (Å²) in [6.07, 6.45) is 0.287. The number of ether oxygens (including phenoxy) is 1. The minimum absolute atomic E-state index is 0.164. The molecule has 3 rings (SSSR count). The van der Waals surface area contributed by atoms with Crippen LogP contribution >= 0.6 is 0 Å². The summed E-state index contributed by atoms with van der Waals surface area (Å²) in [5.41, 5.74) is 3.00. The molecule has 0 radical (unpaired) electrons. The van der Waals surface area contributed by atoms with Gasteiger partial charge in [-0.25, -0.2) is 4.79 Å². The minimum Gasteiger partial charge on any atom is -0.465 e. The smallest absolute Gasteiger partial charge is 0.339 e. The van der Waals surface area contributed by atoms with Gasteiger partial charge in [0.1, 0.15) is 0 Å². The van der Waals surface area contributed by atoms with Gasteiger partial charge in [0.05, 0.1) is 18.4 Å². The summed E-state index contributed by atoms with van der Waals surface area (Å²) in [6, 6.07) is 15.1. The van der Waals surface area contributed by atoms with E-state index in [1.807, 2.05) is 12.1 Å². The van der Waals surface area contributed by atoms with Gasteiger partial charge in [-0.2, -0.15) is 0 Å². The van der Waals surface area contributed by atoms with Crippen molar-refractivity contribution >= 4 is 28.9 Å². The fourth-order valence-electron chi connectivity index (χ4n) is 3.27. The molecule has 154 valence electrons. The molecule has 2 aromatic carbocycles. The van der Waals surface area contributed by atoms with Crippen molar-refractivity contribution < 1.29 is 14.3 Å². The zero-order valence-corrected chi connectivity index (χ0v) is 17.0. The molecule has 0 unspecified atom stereocenters. The number of likely N-dealkylation sites (N-methyl/N-ethyl adjacent to an activating group) is 1. The van der Waals surface area contributed by atoms with Crippen LogP contribution in [0.5, 0.6) is 0 Å². The Labute approximate surface area is 171 Å². The van der Waals surface area contributed by atoms with Crippen molar-refractivity contribution in [1.82, 2.24) is 4.90 Å². The van der Waals surface area contributed by atoms with Crippen LogP contribution in [0, 0.1) is 0 Å². The topological polar surface area (TPSA) is 73.9 Å². The molecule has 0 aliphatic carbocycles. The number of rotatable bonds is 7. The van der Waals surface area contributed by atoms with E-state index in [0.717, 1.165) is 31.9 Å². The van der Waals surface area contributed by atoms with E-state index in [1.54, 1.807) is 24.3 Å². The highest BCUT2D eigenvalue weighted by molar-refractivity contribution is 6.01. The van der Waals surface area contributed by atoms with Gasteiger partial charge in [-0.15, -0.1) is 0 Å². The van der Waals surface area contributed by atoms with Crippen molar-refractivity contribution in [3.05, 3.63) is 54.1 Å². The van der Waals surface area contributed by atoms with Crippen LogP contribution in [0.2, 0.25) is 0 Å². The van der Waals surface area contributed by atoms with E-state index in [4.69, 9.17) is 4.74 Å². The molecule has 1 aliphatic heterocycles. The number of anilines is 3. The Kier molecular flexibility index (Phi) is 7.08. The van der Waals surface area contributed by atoms with Gasteiger partial charge in [-0.05, 0) is 43.4 Å². The maximum atomic E-state index is 12.2. The second-order valence-electron chi connectivity index (χ2n) is 7.10. The van der Waals surface area contributed by atoms with Gasteiger partial charge < -0.3 is 25.2 Å². The van der Waals surface area contributed by atoms with Crippen LogP contribution in [-0.2, 0) is 9.53 Å². The molecule has 0 saturated carbocycles. The molecule has 2 N–H and O–H groups in total. The summed E-state index contributed by atoms with van der Waals surface area (Å²) in [4.78, 5) is 28.7. The van der Waals surface area contributed by atoms with Crippen molar-refractivity contribution in [3.8, 4) is 0 Å². The second kappa shape index (κ2) is 9.93. The zero-order chi connectivity index (χ0) is 20.6. The van der Waals surface area contributed by atoms with E-state index in [-0.39, 0.29) is 12.3 Å².